The highest BCUT2D eigenvalue weighted by atomic mass is 16.5. The van der Waals surface area contributed by atoms with E-state index in [0.717, 1.165) is 36.1 Å². The van der Waals surface area contributed by atoms with E-state index in [9.17, 15) is 4.79 Å². The molecule has 1 amide bonds. The highest BCUT2D eigenvalue weighted by Gasteiger charge is 2.21. The minimum absolute atomic E-state index is 0.395. The lowest BCUT2D eigenvalue weighted by Crippen LogP contribution is -2.10. The first-order chi connectivity index (χ1) is 13.6. The Morgan fingerprint density at radius 2 is 1.75 bits per heavy atom. The second kappa shape index (κ2) is 7.89. The monoisotopic (exact) mass is 371 g/mol. The predicted octanol–water partition coefficient (Wildman–Crippen LogP) is 4.81. The van der Waals surface area contributed by atoms with Gasteiger partial charge in [0, 0.05) is 5.56 Å². The van der Waals surface area contributed by atoms with Crippen LogP contribution in [0.4, 0.5) is 0 Å². The molecule has 1 aliphatic rings. The van der Waals surface area contributed by atoms with E-state index in [4.69, 9.17) is 10.5 Å². The molecule has 3 heteroatoms. The molecule has 28 heavy (non-hydrogen) atoms. The van der Waals surface area contributed by atoms with Crippen molar-refractivity contribution in [2.45, 2.75) is 25.7 Å². The number of methoxy groups -OCH3 is 1. The molecule has 0 saturated heterocycles. The van der Waals surface area contributed by atoms with Crippen LogP contribution >= 0.6 is 0 Å². The quantitative estimate of drug-likeness (QED) is 0.676. The zero-order valence-electron chi connectivity index (χ0n) is 16.2. The number of carbonyl (C=O) groups excluding carboxylic acids is 1. The van der Waals surface area contributed by atoms with Gasteiger partial charge in [0.25, 0.3) is 0 Å². The van der Waals surface area contributed by atoms with Gasteiger partial charge in [-0.1, -0.05) is 42.5 Å². The number of fused-ring (bicyclic) bond motifs is 1. The van der Waals surface area contributed by atoms with Crippen molar-refractivity contribution in [1.29, 1.82) is 0 Å². The number of hydrogen-bond acceptors (Lipinski definition) is 2. The largest absolute Gasteiger partial charge is 0.497 e. The third-order valence-electron chi connectivity index (χ3n) is 5.71. The Kier molecular flexibility index (Phi) is 5.16. The molecule has 0 saturated carbocycles. The first-order valence-corrected chi connectivity index (χ1v) is 9.77. The number of carbonyl (C=O) groups is 1. The maximum atomic E-state index is 11.4. The zero-order chi connectivity index (χ0) is 19.5. The van der Waals surface area contributed by atoms with Crippen LogP contribution in [0.3, 0.4) is 0 Å². The normalized spacial score (nSPS) is 15.2. The molecule has 142 valence electrons. The number of ether oxygens (including phenoxy) is 1. The van der Waals surface area contributed by atoms with Crippen LogP contribution < -0.4 is 10.5 Å². The van der Waals surface area contributed by atoms with Crippen molar-refractivity contribution in [2.75, 3.05) is 7.11 Å². The number of aryl methyl sites for hydroxylation is 1. The van der Waals surface area contributed by atoms with Crippen LogP contribution in [-0.2, 0) is 19.3 Å². The van der Waals surface area contributed by atoms with E-state index in [1.807, 2.05) is 18.2 Å². The highest BCUT2D eigenvalue weighted by Crippen LogP contribution is 2.32. The molecule has 0 bridgehead atoms. The fraction of sp³-hybridized carbons (Fsp3) is 0.240. The summed E-state index contributed by atoms with van der Waals surface area (Å²) < 4.78 is 5.35. The Bertz CT molecular complexity index is 992. The molecular formula is C25H25NO2. The molecule has 0 spiro atoms. The molecule has 1 atom stereocenters. The van der Waals surface area contributed by atoms with Gasteiger partial charge in [-0.2, -0.15) is 0 Å². The maximum Gasteiger partial charge on any atom is 0.248 e. The summed E-state index contributed by atoms with van der Waals surface area (Å²) in [5.41, 5.74) is 12.3. The van der Waals surface area contributed by atoms with Crippen molar-refractivity contribution in [1.82, 2.24) is 0 Å². The van der Waals surface area contributed by atoms with Crippen molar-refractivity contribution in [2.24, 2.45) is 11.7 Å². The van der Waals surface area contributed by atoms with E-state index >= 15 is 0 Å². The van der Waals surface area contributed by atoms with Gasteiger partial charge in [-0.25, -0.2) is 0 Å². The van der Waals surface area contributed by atoms with Gasteiger partial charge >= 0.3 is 0 Å². The highest BCUT2D eigenvalue weighted by molar-refractivity contribution is 5.94. The van der Waals surface area contributed by atoms with Gasteiger partial charge in [-0.15, -0.1) is 0 Å². The fourth-order valence-corrected chi connectivity index (χ4v) is 4.10. The van der Waals surface area contributed by atoms with Gasteiger partial charge in [0.05, 0.1) is 7.11 Å². The first-order valence-electron chi connectivity index (χ1n) is 9.77. The Morgan fingerprint density at radius 3 is 2.50 bits per heavy atom. The molecule has 1 aliphatic carbocycles. The number of benzene rings is 3. The van der Waals surface area contributed by atoms with Crippen LogP contribution in [0.15, 0.2) is 66.7 Å². The van der Waals surface area contributed by atoms with Crippen molar-refractivity contribution in [3.8, 4) is 16.9 Å². The summed E-state index contributed by atoms with van der Waals surface area (Å²) in [6.45, 7) is 0. The van der Waals surface area contributed by atoms with Gasteiger partial charge in [0.1, 0.15) is 5.75 Å². The van der Waals surface area contributed by atoms with Crippen LogP contribution in [0.1, 0.15) is 33.5 Å². The van der Waals surface area contributed by atoms with Crippen LogP contribution in [0.5, 0.6) is 5.75 Å². The second-order valence-electron chi connectivity index (χ2n) is 7.59. The SMILES string of the molecule is COc1ccc2c(c1)CC(CCc1ccc(-c3cccc(C(N)=O)c3)cc1)C2. The summed E-state index contributed by atoms with van der Waals surface area (Å²) in [5.74, 6) is 1.26. The Hall–Kier alpha value is -3.07. The second-order valence-corrected chi connectivity index (χ2v) is 7.59. The number of rotatable bonds is 6. The van der Waals surface area contributed by atoms with E-state index in [2.05, 4.69) is 42.5 Å². The summed E-state index contributed by atoms with van der Waals surface area (Å²) in [6, 6.07) is 22.6. The lowest BCUT2D eigenvalue weighted by molar-refractivity contribution is 0.100. The number of amides is 1. The molecule has 3 aromatic rings. The van der Waals surface area contributed by atoms with E-state index in [-0.39, 0.29) is 0 Å². The van der Waals surface area contributed by atoms with Crippen LogP contribution in [0.25, 0.3) is 11.1 Å². The van der Waals surface area contributed by atoms with Gasteiger partial charge in [0.2, 0.25) is 5.91 Å². The molecular weight excluding hydrogens is 346 g/mol. The molecule has 2 N–H and O–H groups in total. The third-order valence-corrected chi connectivity index (χ3v) is 5.71. The summed E-state index contributed by atoms with van der Waals surface area (Å²) >= 11 is 0. The predicted molar refractivity (Wildman–Crippen MR) is 113 cm³/mol. The fourth-order valence-electron chi connectivity index (χ4n) is 4.10. The minimum atomic E-state index is -0.395. The lowest BCUT2D eigenvalue weighted by atomic mass is 9.95. The topological polar surface area (TPSA) is 52.3 Å². The molecule has 0 fully saturated rings. The van der Waals surface area contributed by atoms with Gasteiger partial charge in [-0.05, 0) is 83.7 Å². The number of hydrogen-bond donors (Lipinski definition) is 1. The molecule has 0 aliphatic heterocycles. The van der Waals surface area contributed by atoms with Crippen molar-refractivity contribution in [3.05, 3.63) is 89.0 Å². The summed E-state index contributed by atoms with van der Waals surface area (Å²) in [7, 11) is 1.72. The maximum absolute atomic E-state index is 11.4. The van der Waals surface area contributed by atoms with Crippen LogP contribution in [0.2, 0.25) is 0 Å². The average Bonchev–Trinajstić information content (AvgIpc) is 3.14. The summed E-state index contributed by atoms with van der Waals surface area (Å²) in [4.78, 5) is 11.4. The lowest BCUT2D eigenvalue weighted by Gasteiger charge is -2.10. The standard InChI is InChI=1S/C25H25NO2/c1-28-24-12-11-21-13-18(14-23(21)16-24)6-5-17-7-9-19(10-8-17)20-3-2-4-22(15-20)25(26)27/h2-4,7-12,15-16,18H,5-6,13-14H2,1H3,(H2,26,27). The van der Waals surface area contributed by atoms with E-state index < -0.39 is 5.91 Å². The van der Waals surface area contributed by atoms with E-state index in [1.54, 1.807) is 13.2 Å². The Balaban J connectivity index is 1.38. The van der Waals surface area contributed by atoms with Crippen molar-refractivity contribution in [3.63, 3.8) is 0 Å². The Labute approximate surface area is 166 Å². The van der Waals surface area contributed by atoms with Crippen LogP contribution in [0, 0.1) is 5.92 Å². The molecule has 0 radical (unpaired) electrons. The van der Waals surface area contributed by atoms with E-state index in [0.29, 0.717) is 11.5 Å². The number of primary amides is 1. The molecule has 3 nitrogen and oxygen atoms in total. The third kappa shape index (κ3) is 3.94. The zero-order valence-corrected chi connectivity index (χ0v) is 16.2. The molecule has 4 rings (SSSR count). The van der Waals surface area contributed by atoms with Crippen molar-refractivity contribution >= 4 is 5.91 Å². The Morgan fingerprint density at radius 1 is 0.964 bits per heavy atom. The molecule has 0 aromatic heterocycles. The van der Waals surface area contributed by atoms with Gasteiger partial charge in [-0.3, -0.25) is 4.79 Å². The number of nitrogens with two attached hydrogens (primary N) is 1. The molecule has 1 unspecified atom stereocenters. The van der Waals surface area contributed by atoms with E-state index in [1.165, 1.54) is 23.1 Å². The van der Waals surface area contributed by atoms with Crippen LogP contribution in [-0.4, -0.2) is 13.0 Å². The molecule has 0 heterocycles. The summed E-state index contributed by atoms with van der Waals surface area (Å²) in [5, 5.41) is 0. The van der Waals surface area contributed by atoms with Gasteiger partial charge in [0.15, 0.2) is 0 Å². The minimum Gasteiger partial charge on any atom is -0.497 e. The molecule has 3 aromatic carbocycles. The summed E-state index contributed by atoms with van der Waals surface area (Å²) in [6.07, 6.45) is 4.58. The average molecular weight is 371 g/mol. The van der Waals surface area contributed by atoms with Gasteiger partial charge < -0.3 is 10.5 Å². The first kappa shape index (κ1) is 18.3. The van der Waals surface area contributed by atoms with Crippen molar-refractivity contribution < 1.29 is 9.53 Å². The smallest absolute Gasteiger partial charge is 0.248 e.